The third-order valence-electron chi connectivity index (χ3n) is 5.94. The fraction of sp³-hybridized carbons (Fsp3) is 0.320. The van der Waals surface area contributed by atoms with Crippen LogP contribution in [0.4, 0.5) is 13.2 Å². The third-order valence-corrected chi connectivity index (χ3v) is 7.21. The molecular weight excluding hydrogens is 527 g/mol. The van der Waals surface area contributed by atoms with E-state index in [0.717, 1.165) is 15.1 Å². The fourth-order valence-corrected chi connectivity index (χ4v) is 5.76. The van der Waals surface area contributed by atoms with E-state index in [0.29, 0.717) is 28.6 Å². The van der Waals surface area contributed by atoms with E-state index >= 15 is 0 Å². The van der Waals surface area contributed by atoms with Gasteiger partial charge in [-0.15, -0.1) is 11.3 Å². The Morgan fingerprint density at radius 1 is 1.24 bits per heavy atom. The number of carbonyl (C=O) groups excluding carboxylic acids is 2. The number of benzene rings is 1. The first-order chi connectivity index (χ1) is 17.4. The Hall–Kier alpha value is -3.15. The van der Waals surface area contributed by atoms with Crippen molar-refractivity contribution in [2.24, 2.45) is 5.73 Å². The minimum Gasteiger partial charge on any atom is -0.368 e. The molecule has 1 aliphatic heterocycles. The Bertz CT molecular complexity index is 1350. The van der Waals surface area contributed by atoms with E-state index in [4.69, 9.17) is 17.3 Å². The summed E-state index contributed by atoms with van der Waals surface area (Å²) < 4.78 is 43.4. The van der Waals surface area contributed by atoms with Crippen LogP contribution < -0.4 is 5.73 Å². The highest BCUT2D eigenvalue weighted by Crippen LogP contribution is 2.45. The maximum atomic E-state index is 14.0. The van der Waals surface area contributed by atoms with Crippen molar-refractivity contribution in [2.75, 3.05) is 27.2 Å². The van der Waals surface area contributed by atoms with Crippen LogP contribution in [0.2, 0.25) is 4.34 Å². The van der Waals surface area contributed by atoms with Crippen molar-refractivity contribution in [3.05, 3.63) is 74.7 Å². The zero-order valence-corrected chi connectivity index (χ0v) is 21.7. The molecule has 0 unspecified atom stereocenters. The first kappa shape index (κ1) is 26.9. The molecule has 37 heavy (non-hydrogen) atoms. The number of nitrogens with zero attached hydrogens (tertiary/aromatic N) is 4. The second-order valence-corrected chi connectivity index (χ2v) is 10.8. The van der Waals surface area contributed by atoms with Crippen LogP contribution in [0, 0.1) is 0 Å². The highest BCUT2D eigenvalue weighted by molar-refractivity contribution is 7.16. The number of primary amides is 1. The molecule has 2 N–H and O–H groups in total. The van der Waals surface area contributed by atoms with Gasteiger partial charge in [0, 0.05) is 41.7 Å². The molecule has 0 saturated carbocycles. The van der Waals surface area contributed by atoms with Crippen molar-refractivity contribution in [1.29, 1.82) is 0 Å². The summed E-state index contributed by atoms with van der Waals surface area (Å²) in [6, 6.07) is 8.53. The SMILES string of the molecule is CN(C)C/C=C/C(=O)N1Cc2sc(Cl)cc2[C@H](c2ccccc2-c2cn(CC(N)=O)nc2C(F)(F)F)C1. The Morgan fingerprint density at radius 3 is 2.65 bits per heavy atom. The Balaban J connectivity index is 1.79. The van der Waals surface area contributed by atoms with E-state index in [1.54, 1.807) is 35.2 Å². The van der Waals surface area contributed by atoms with Gasteiger partial charge in [0.2, 0.25) is 11.8 Å². The lowest BCUT2D eigenvalue weighted by atomic mass is 9.84. The Labute approximate surface area is 220 Å². The van der Waals surface area contributed by atoms with Crippen LogP contribution in [-0.4, -0.2) is 58.6 Å². The van der Waals surface area contributed by atoms with Crippen LogP contribution in [0.5, 0.6) is 0 Å². The first-order valence-electron chi connectivity index (χ1n) is 11.3. The lowest BCUT2D eigenvalue weighted by Crippen LogP contribution is -2.37. The molecule has 1 aromatic carbocycles. The van der Waals surface area contributed by atoms with Crippen molar-refractivity contribution >= 4 is 34.8 Å². The second kappa shape index (κ2) is 10.7. The van der Waals surface area contributed by atoms with E-state index in [9.17, 15) is 22.8 Å². The zero-order chi connectivity index (χ0) is 26.9. The molecule has 1 atom stereocenters. The molecule has 3 aromatic rings. The predicted octanol–water partition coefficient (Wildman–Crippen LogP) is 4.36. The van der Waals surface area contributed by atoms with Gasteiger partial charge in [0.15, 0.2) is 5.69 Å². The summed E-state index contributed by atoms with van der Waals surface area (Å²) in [6.07, 6.45) is -0.290. The molecule has 0 bridgehead atoms. The summed E-state index contributed by atoms with van der Waals surface area (Å²) in [5.74, 6) is -1.42. The predicted molar refractivity (Wildman–Crippen MR) is 136 cm³/mol. The van der Waals surface area contributed by atoms with Crippen molar-refractivity contribution in [3.8, 4) is 11.1 Å². The number of thiophene rings is 1. The highest BCUT2D eigenvalue weighted by atomic mass is 35.5. The van der Waals surface area contributed by atoms with Gasteiger partial charge in [-0.05, 0) is 36.9 Å². The number of nitrogens with two attached hydrogens (primary N) is 1. The molecule has 0 saturated heterocycles. The lowest BCUT2D eigenvalue weighted by Gasteiger charge is -2.33. The fourth-order valence-electron chi connectivity index (χ4n) is 4.40. The van der Waals surface area contributed by atoms with E-state index in [2.05, 4.69) is 5.10 Å². The van der Waals surface area contributed by atoms with E-state index in [-0.39, 0.29) is 18.0 Å². The van der Waals surface area contributed by atoms with Gasteiger partial charge >= 0.3 is 6.18 Å². The summed E-state index contributed by atoms with van der Waals surface area (Å²) in [4.78, 5) is 28.8. The summed E-state index contributed by atoms with van der Waals surface area (Å²) >= 11 is 7.68. The number of alkyl halides is 3. The monoisotopic (exact) mass is 551 g/mol. The largest absolute Gasteiger partial charge is 0.435 e. The number of rotatable bonds is 7. The smallest absolute Gasteiger partial charge is 0.368 e. The highest BCUT2D eigenvalue weighted by Gasteiger charge is 2.39. The van der Waals surface area contributed by atoms with Crippen molar-refractivity contribution in [3.63, 3.8) is 0 Å². The van der Waals surface area contributed by atoms with Crippen molar-refractivity contribution in [2.45, 2.75) is 25.2 Å². The maximum Gasteiger partial charge on any atom is 0.435 e. The minimum atomic E-state index is -4.76. The molecule has 4 rings (SSSR count). The number of halogens is 4. The van der Waals surface area contributed by atoms with E-state index in [1.165, 1.54) is 23.6 Å². The number of hydrogen-bond acceptors (Lipinski definition) is 5. The molecule has 0 aliphatic carbocycles. The molecule has 0 radical (unpaired) electrons. The number of hydrogen-bond donors (Lipinski definition) is 1. The Morgan fingerprint density at radius 2 is 1.97 bits per heavy atom. The maximum absolute atomic E-state index is 14.0. The number of likely N-dealkylation sites (N-methyl/N-ethyl adjacent to an activating group) is 1. The average molecular weight is 552 g/mol. The number of amides is 2. The van der Waals surface area contributed by atoms with Crippen LogP contribution >= 0.6 is 22.9 Å². The summed E-state index contributed by atoms with van der Waals surface area (Å²) in [5, 5.41) is 3.62. The van der Waals surface area contributed by atoms with Gasteiger partial charge < -0.3 is 15.5 Å². The van der Waals surface area contributed by atoms with Crippen LogP contribution in [0.1, 0.15) is 27.6 Å². The molecule has 196 valence electrons. The van der Waals surface area contributed by atoms with Crippen LogP contribution in [0.15, 0.2) is 48.7 Å². The van der Waals surface area contributed by atoms with Crippen molar-refractivity contribution in [1.82, 2.24) is 19.6 Å². The summed E-state index contributed by atoms with van der Waals surface area (Å²) in [7, 11) is 3.78. The van der Waals surface area contributed by atoms with Gasteiger partial charge in [0.05, 0.1) is 10.9 Å². The molecule has 2 aromatic heterocycles. The molecule has 3 heterocycles. The molecule has 2 amide bonds. The summed E-state index contributed by atoms with van der Waals surface area (Å²) in [5.41, 5.74) is 5.69. The molecule has 12 heteroatoms. The van der Waals surface area contributed by atoms with Gasteiger partial charge in [0.25, 0.3) is 0 Å². The minimum absolute atomic E-state index is 0.165. The normalized spacial score (nSPS) is 16.0. The molecular formula is C25H25ClF3N5O2S. The average Bonchev–Trinajstić information content (AvgIpc) is 3.40. The third kappa shape index (κ3) is 6.06. The van der Waals surface area contributed by atoms with E-state index in [1.807, 2.05) is 25.1 Å². The standard InChI is InChI=1S/C25H25ClF3N5O2S/c1-32(2)9-5-8-23(36)33-11-18(17-10-21(26)37-20(17)13-33)15-6-3-4-7-16(15)19-12-34(14-22(30)35)31-24(19)25(27,28)29/h3-8,10,12,18H,9,11,13-14H2,1-2H3,(H2,30,35)/b8-5+/t18-/m0/s1. The van der Waals surface area contributed by atoms with Gasteiger partial charge in [-0.3, -0.25) is 14.3 Å². The number of carbonyl (C=O) groups is 2. The first-order valence-corrected chi connectivity index (χ1v) is 12.5. The molecule has 0 spiro atoms. The Kier molecular flexibility index (Phi) is 7.77. The van der Waals surface area contributed by atoms with Gasteiger partial charge in [-0.25, -0.2) is 0 Å². The number of fused-ring (bicyclic) bond motifs is 1. The lowest BCUT2D eigenvalue weighted by molar-refractivity contribution is -0.141. The summed E-state index contributed by atoms with van der Waals surface area (Å²) in [6.45, 7) is 0.734. The van der Waals surface area contributed by atoms with Crippen LogP contribution in [-0.2, 0) is 28.9 Å². The molecule has 7 nitrogen and oxygen atoms in total. The number of aromatic nitrogens is 2. The van der Waals surface area contributed by atoms with E-state index < -0.39 is 30.2 Å². The van der Waals surface area contributed by atoms with Gasteiger partial charge in [-0.1, -0.05) is 41.9 Å². The van der Waals surface area contributed by atoms with Crippen molar-refractivity contribution < 1.29 is 22.8 Å². The topological polar surface area (TPSA) is 84.5 Å². The van der Waals surface area contributed by atoms with Crippen LogP contribution in [0.3, 0.4) is 0 Å². The van der Waals surface area contributed by atoms with Gasteiger partial charge in [-0.2, -0.15) is 18.3 Å². The quantitative estimate of drug-likeness (QED) is 0.442. The second-order valence-electron chi connectivity index (χ2n) is 9.01. The van der Waals surface area contributed by atoms with Crippen LogP contribution in [0.25, 0.3) is 11.1 Å². The molecule has 0 fully saturated rings. The zero-order valence-electron chi connectivity index (χ0n) is 20.1. The molecule has 1 aliphatic rings. The van der Waals surface area contributed by atoms with Gasteiger partial charge in [0.1, 0.15) is 6.54 Å².